The van der Waals surface area contributed by atoms with Gasteiger partial charge in [0.05, 0.1) is 11.5 Å². The Bertz CT molecular complexity index is 403. The predicted octanol–water partition coefficient (Wildman–Crippen LogP) is 0.926. The summed E-state index contributed by atoms with van der Waals surface area (Å²) in [6.07, 6.45) is 1.14. The topological polar surface area (TPSA) is 97.2 Å². The number of amides is 1. The molecular formula is C10H14N4O3. The van der Waals surface area contributed by atoms with Crippen molar-refractivity contribution >= 4 is 17.4 Å². The zero-order chi connectivity index (χ0) is 12.8. The molecule has 0 aliphatic carbocycles. The van der Waals surface area contributed by atoms with E-state index in [-0.39, 0.29) is 24.2 Å². The number of nitrogens with zero attached hydrogens (tertiary/aromatic N) is 2. The van der Waals surface area contributed by atoms with Crippen molar-refractivity contribution in [1.29, 1.82) is 0 Å². The monoisotopic (exact) mass is 238 g/mol. The Hall–Kier alpha value is -2.18. The van der Waals surface area contributed by atoms with Gasteiger partial charge >= 0.3 is 0 Å². The fourth-order valence-electron chi connectivity index (χ4n) is 1.14. The van der Waals surface area contributed by atoms with Crippen molar-refractivity contribution in [3.8, 4) is 0 Å². The second kappa shape index (κ2) is 5.78. The molecule has 1 amide bonds. The van der Waals surface area contributed by atoms with Gasteiger partial charge in [-0.05, 0) is 19.9 Å². The molecular weight excluding hydrogens is 224 g/mol. The number of nitro groups is 1. The molecule has 0 fully saturated rings. The first-order valence-corrected chi connectivity index (χ1v) is 5.12. The van der Waals surface area contributed by atoms with E-state index in [0.29, 0.717) is 5.82 Å². The van der Waals surface area contributed by atoms with E-state index in [0.717, 1.165) is 6.20 Å². The minimum Gasteiger partial charge on any atom is -0.361 e. The Morgan fingerprint density at radius 2 is 2.24 bits per heavy atom. The van der Waals surface area contributed by atoms with Gasteiger partial charge in [-0.25, -0.2) is 4.98 Å². The van der Waals surface area contributed by atoms with Gasteiger partial charge in [0.15, 0.2) is 0 Å². The minimum absolute atomic E-state index is 0.0779. The zero-order valence-corrected chi connectivity index (χ0v) is 9.64. The lowest BCUT2D eigenvalue weighted by atomic mass is 10.4. The summed E-state index contributed by atoms with van der Waals surface area (Å²) < 4.78 is 0. The lowest BCUT2D eigenvalue weighted by molar-refractivity contribution is -0.385. The molecule has 92 valence electrons. The smallest absolute Gasteiger partial charge is 0.287 e. The molecule has 1 aromatic heterocycles. The molecule has 1 rings (SSSR count). The molecule has 0 saturated carbocycles. The van der Waals surface area contributed by atoms with Gasteiger partial charge in [-0.3, -0.25) is 14.9 Å². The highest BCUT2D eigenvalue weighted by Crippen LogP contribution is 2.11. The lowest BCUT2D eigenvalue weighted by Gasteiger charge is -2.09. The van der Waals surface area contributed by atoms with Gasteiger partial charge < -0.3 is 10.6 Å². The average Bonchev–Trinajstić information content (AvgIpc) is 2.26. The van der Waals surface area contributed by atoms with Crippen LogP contribution in [0.25, 0.3) is 0 Å². The normalized spacial score (nSPS) is 10.1. The third-order valence-electron chi connectivity index (χ3n) is 1.84. The fraction of sp³-hybridized carbons (Fsp3) is 0.400. The summed E-state index contributed by atoms with van der Waals surface area (Å²) >= 11 is 0. The first kappa shape index (κ1) is 12.9. The van der Waals surface area contributed by atoms with Crippen molar-refractivity contribution in [2.75, 3.05) is 11.9 Å². The van der Waals surface area contributed by atoms with E-state index in [2.05, 4.69) is 15.6 Å². The number of aromatic nitrogens is 1. The van der Waals surface area contributed by atoms with Crippen LogP contribution in [-0.2, 0) is 4.79 Å². The summed E-state index contributed by atoms with van der Waals surface area (Å²) in [6.45, 7) is 3.81. The molecule has 2 N–H and O–H groups in total. The maximum Gasteiger partial charge on any atom is 0.287 e. The minimum atomic E-state index is -0.526. The molecule has 0 unspecified atom stereocenters. The summed E-state index contributed by atoms with van der Waals surface area (Å²) in [5, 5.41) is 15.9. The van der Waals surface area contributed by atoms with Crippen molar-refractivity contribution in [2.45, 2.75) is 19.9 Å². The third-order valence-corrected chi connectivity index (χ3v) is 1.84. The van der Waals surface area contributed by atoms with Gasteiger partial charge in [-0.2, -0.15) is 0 Å². The Morgan fingerprint density at radius 3 is 2.71 bits per heavy atom. The van der Waals surface area contributed by atoms with Crippen LogP contribution in [-0.4, -0.2) is 28.4 Å². The number of hydrogen-bond donors (Lipinski definition) is 2. The molecule has 0 saturated heterocycles. The number of hydrogen-bond acceptors (Lipinski definition) is 5. The molecule has 17 heavy (non-hydrogen) atoms. The van der Waals surface area contributed by atoms with E-state index >= 15 is 0 Å². The van der Waals surface area contributed by atoms with Crippen molar-refractivity contribution in [1.82, 2.24) is 10.3 Å². The van der Waals surface area contributed by atoms with Gasteiger partial charge in [0, 0.05) is 12.1 Å². The molecule has 0 spiro atoms. The molecule has 0 atom stereocenters. The maximum absolute atomic E-state index is 11.3. The molecule has 0 aliphatic heterocycles. The summed E-state index contributed by atoms with van der Waals surface area (Å²) in [4.78, 5) is 25.0. The molecule has 7 heteroatoms. The number of carbonyl (C=O) groups is 1. The van der Waals surface area contributed by atoms with Crippen molar-refractivity contribution < 1.29 is 9.72 Å². The van der Waals surface area contributed by atoms with Gasteiger partial charge in [0.1, 0.15) is 12.0 Å². The summed E-state index contributed by atoms with van der Waals surface area (Å²) in [6, 6.07) is 2.87. The van der Waals surface area contributed by atoms with Gasteiger partial charge in [-0.1, -0.05) is 0 Å². The summed E-state index contributed by atoms with van der Waals surface area (Å²) in [5.74, 6) is 0.273. The highest BCUT2D eigenvalue weighted by Gasteiger charge is 2.06. The molecule has 0 radical (unpaired) electrons. The van der Waals surface area contributed by atoms with Gasteiger partial charge in [0.25, 0.3) is 5.69 Å². The Balaban J connectivity index is 2.47. The SMILES string of the molecule is CC(C)NC(=O)CNc1ccc([N+](=O)[O-])cn1. The van der Waals surface area contributed by atoms with E-state index in [1.807, 2.05) is 13.8 Å². The highest BCUT2D eigenvalue weighted by atomic mass is 16.6. The Kier molecular flexibility index (Phi) is 4.38. The van der Waals surface area contributed by atoms with Crippen LogP contribution in [0.15, 0.2) is 18.3 Å². The van der Waals surface area contributed by atoms with Crippen LogP contribution in [0.1, 0.15) is 13.8 Å². The van der Waals surface area contributed by atoms with E-state index in [1.54, 1.807) is 0 Å². The number of anilines is 1. The van der Waals surface area contributed by atoms with Crippen molar-refractivity contribution in [3.63, 3.8) is 0 Å². The van der Waals surface area contributed by atoms with E-state index < -0.39 is 4.92 Å². The number of carbonyl (C=O) groups excluding carboxylic acids is 1. The largest absolute Gasteiger partial charge is 0.361 e. The van der Waals surface area contributed by atoms with Crippen molar-refractivity contribution in [3.05, 3.63) is 28.4 Å². The quantitative estimate of drug-likeness (QED) is 0.587. The van der Waals surface area contributed by atoms with Crippen LogP contribution in [0, 0.1) is 10.1 Å². The summed E-state index contributed by atoms with van der Waals surface area (Å²) in [5.41, 5.74) is -0.0813. The zero-order valence-electron chi connectivity index (χ0n) is 9.64. The Morgan fingerprint density at radius 1 is 1.53 bits per heavy atom. The molecule has 1 heterocycles. The standard InChI is InChI=1S/C10H14N4O3/c1-7(2)13-10(15)6-12-9-4-3-8(5-11-9)14(16)17/h3-5,7H,6H2,1-2H3,(H,11,12)(H,13,15). The molecule has 7 nitrogen and oxygen atoms in total. The van der Waals surface area contributed by atoms with Gasteiger partial charge in [-0.15, -0.1) is 0 Å². The molecule has 0 aliphatic rings. The van der Waals surface area contributed by atoms with Crippen LogP contribution in [0.5, 0.6) is 0 Å². The number of pyridine rings is 1. The second-order valence-corrected chi connectivity index (χ2v) is 3.73. The molecule has 0 aromatic carbocycles. The number of rotatable bonds is 5. The predicted molar refractivity (Wildman–Crippen MR) is 62.7 cm³/mol. The first-order valence-electron chi connectivity index (χ1n) is 5.12. The second-order valence-electron chi connectivity index (χ2n) is 3.73. The van der Waals surface area contributed by atoms with E-state index in [1.165, 1.54) is 12.1 Å². The highest BCUT2D eigenvalue weighted by molar-refractivity contribution is 5.80. The van der Waals surface area contributed by atoms with E-state index in [9.17, 15) is 14.9 Å². The van der Waals surface area contributed by atoms with Gasteiger partial charge in [0.2, 0.25) is 5.91 Å². The molecule has 0 bridgehead atoms. The third kappa shape index (κ3) is 4.45. The lowest BCUT2D eigenvalue weighted by Crippen LogP contribution is -2.34. The van der Waals surface area contributed by atoms with Crippen LogP contribution in [0.3, 0.4) is 0 Å². The fourth-order valence-corrected chi connectivity index (χ4v) is 1.14. The van der Waals surface area contributed by atoms with E-state index in [4.69, 9.17) is 0 Å². The number of nitrogens with one attached hydrogen (secondary N) is 2. The van der Waals surface area contributed by atoms with Crippen molar-refractivity contribution in [2.24, 2.45) is 0 Å². The van der Waals surface area contributed by atoms with Crippen LogP contribution >= 0.6 is 0 Å². The Labute approximate surface area is 98.4 Å². The maximum atomic E-state index is 11.3. The first-order chi connectivity index (χ1) is 7.99. The average molecular weight is 238 g/mol. The van der Waals surface area contributed by atoms with Crippen LogP contribution in [0.4, 0.5) is 11.5 Å². The van der Waals surface area contributed by atoms with Crippen LogP contribution in [0.2, 0.25) is 0 Å². The summed E-state index contributed by atoms with van der Waals surface area (Å²) in [7, 11) is 0. The van der Waals surface area contributed by atoms with Crippen LogP contribution < -0.4 is 10.6 Å². The molecule has 1 aromatic rings.